The van der Waals surface area contributed by atoms with E-state index in [1.807, 2.05) is 11.0 Å². The smallest absolute Gasteiger partial charge is 0.244 e. The van der Waals surface area contributed by atoms with Crippen molar-refractivity contribution in [3.63, 3.8) is 0 Å². The molecule has 3 heteroatoms. The first-order chi connectivity index (χ1) is 9.45. The van der Waals surface area contributed by atoms with Crippen molar-refractivity contribution < 1.29 is 4.79 Å². The van der Waals surface area contributed by atoms with E-state index in [2.05, 4.69) is 51.2 Å². The molecule has 1 fully saturated rings. The molecule has 1 aromatic carbocycles. The first kappa shape index (κ1) is 15.0. The third-order valence-electron chi connectivity index (χ3n) is 3.85. The highest BCUT2D eigenvalue weighted by molar-refractivity contribution is 6.00. The van der Waals surface area contributed by atoms with Gasteiger partial charge in [0.25, 0.3) is 0 Å². The Bertz CT molecular complexity index is 476. The van der Waals surface area contributed by atoms with Gasteiger partial charge in [-0.1, -0.05) is 45.9 Å². The summed E-state index contributed by atoms with van der Waals surface area (Å²) >= 11 is 0. The second kappa shape index (κ2) is 5.96. The van der Waals surface area contributed by atoms with Gasteiger partial charge in [0.2, 0.25) is 5.91 Å². The van der Waals surface area contributed by atoms with E-state index in [0.717, 1.165) is 31.6 Å². The number of nitrogens with zero attached hydrogens (tertiary/aromatic N) is 1. The number of nitrogens with one attached hydrogen (secondary N) is 1. The zero-order valence-electron chi connectivity index (χ0n) is 13.1. The van der Waals surface area contributed by atoms with Gasteiger partial charge in [-0.25, -0.2) is 0 Å². The van der Waals surface area contributed by atoms with Gasteiger partial charge in [0, 0.05) is 12.2 Å². The fourth-order valence-electron chi connectivity index (χ4n) is 2.77. The quantitative estimate of drug-likeness (QED) is 0.915. The largest absolute Gasteiger partial charge is 0.311 e. The van der Waals surface area contributed by atoms with E-state index in [1.54, 1.807) is 0 Å². The van der Waals surface area contributed by atoms with E-state index >= 15 is 0 Å². The van der Waals surface area contributed by atoms with Crippen LogP contribution < -0.4 is 10.2 Å². The molecule has 0 aromatic heterocycles. The molecular weight excluding hydrogens is 248 g/mol. The van der Waals surface area contributed by atoms with E-state index in [-0.39, 0.29) is 17.4 Å². The predicted molar refractivity (Wildman–Crippen MR) is 84.2 cm³/mol. The number of hydrogen-bond donors (Lipinski definition) is 1. The molecule has 1 heterocycles. The maximum absolute atomic E-state index is 12.6. The number of carbonyl (C=O) groups is 1. The average molecular weight is 274 g/mol. The lowest BCUT2D eigenvalue weighted by atomic mass is 9.85. The van der Waals surface area contributed by atoms with Gasteiger partial charge in [0.05, 0.1) is 6.04 Å². The van der Waals surface area contributed by atoms with Crippen molar-refractivity contribution in [2.24, 2.45) is 0 Å². The van der Waals surface area contributed by atoms with Gasteiger partial charge >= 0.3 is 0 Å². The molecule has 0 aliphatic carbocycles. The minimum absolute atomic E-state index is 0.0111. The second-order valence-electron chi connectivity index (χ2n) is 6.55. The van der Waals surface area contributed by atoms with Crippen LogP contribution in [0.25, 0.3) is 0 Å². The summed E-state index contributed by atoms with van der Waals surface area (Å²) in [5.41, 5.74) is 2.36. The topological polar surface area (TPSA) is 32.3 Å². The second-order valence-corrected chi connectivity index (χ2v) is 6.55. The molecule has 20 heavy (non-hydrogen) atoms. The van der Waals surface area contributed by atoms with Gasteiger partial charge in [-0.05, 0) is 36.4 Å². The number of benzene rings is 1. The van der Waals surface area contributed by atoms with Crippen molar-refractivity contribution in [1.29, 1.82) is 0 Å². The Kier molecular flexibility index (Phi) is 4.48. The molecule has 1 unspecified atom stereocenters. The van der Waals surface area contributed by atoms with Gasteiger partial charge < -0.3 is 10.2 Å². The van der Waals surface area contributed by atoms with Gasteiger partial charge in [-0.15, -0.1) is 0 Å². The van der Waals surface area contributed by atoms with Crippen LogP contribution in [0.15, 0.2) is 24.3 Å². The Balaban J connectivity index is 2.23. The monoisotopic (exact) mass is 274 g/mol. The lowest BCUT2D eigenvalue weighted by molar-refractivity contribution is -0.118. The Morgan fingerprint density at radius 3 is 2.65 bits per heavy atom. The van der Waals surface area contributed by atoms with E-state index < -0.39 is 0 Å². The average Bonchev–Trinajstić information content (AvgIpc) is 2.76. The zero-order chi connectivity index (χ0) is 14.8. The molecule has 1 aliphatic heterocycles. The Labute approximate surface area is 122 Å². The highest BCUT2D eigenvalue weighted by atomic mass is 16.2. The van der Waals surface area contributed by atoms with Crippen molar-refractivity contribution in [2.75, 3.05) is 18.0 Å². The molecular formula is C17H26N2O. The number of rotatable bonds is 4. The van der Waals surface area contributed by atoms with Crippen LogP contribution in [0.3, 0.4) is 0 Å². The predicted octanol–water partition coefficient (Wildman–Crippen LogP) is 3.09. The summed E-state index contributed by atoms with van der Waals surface area (Å²) in [4.78, 5) is 14.5. The Hall–Kier alpha value is -1.35. The number of anilines is 1. The van der Waals surface area contributed by atoms with E-state index in [0.29, 0.717) is 0 Å². The number of amides is 1. The summed E-state index contributed by atoms with van der Waals surface area (Å²) in [6.45, 7) is 10.4. The van der Waals surface area contributed by atoms with Crippen LogP contribution in [0.2, 0.25) is 0 Å². The summed E-state index contributed by atoms with van der Waals surface area (Å²) < 4.78 is 0. The molecule has 1 amide bonds. The van der Waals surface area contributed by atoms with E-state index in [1.165, 1.54) is 5.56 Å². The van der Waals surface area contributed by atoms with Gasteiger partial charge in [0.1, 0.15) is 0 Å². The Morgan fingerprint density at radius 1 is 1.30 bits per heavy atom. The van der Waals surface area contributed by atoms with Crippen molar-refractivity contribution in [2.45, 2.75) is 52.0 Å². The number of carbonyl (C=O) groups excluding carboxylic acids is 1. The SMILES string of the molecule is CCCNC1CCN(c2ccccc2C(C)(C)C)C1=O. The summed E-state index contributed by atoms with van der Waals surface area (Å²) in [6, 6.07) is 8.26. The summed E-state index contributed by atoms with van der Waals surface area (Å²) in [5, 5.41) is 3.35. The first-order valence-electron chi connectivity index (χ1n) is 7.59. The van der Waals surface area contributed by atoms with E-state index in [9.17, 15) is 4.79 Å². The lowest BCUT2D eigenvalue weighted by Crippen LogP contribution is -2.39. The molecule has 2 rings (SSSR count). The third kappa shape index (κ3) is 3.04. The zero-order valence-corrected chi connectivity index (χ0v) is 13.1. The molecule has 110 valence electrons. The van der Waals surface area contributed by atoms with Crippen LogP contribution >= 0.6 is 0 Å². The minimum atomic E-state index is -0.0111. The maximum Gasteiger partial charge on any atom is 0.244 e. The fraction of sp³-hybridized carbons (Fsp3) is 0.588. The Morgan fingerprint density at radius 2 is 2.00 bits per heavy atom. The van der Waals surface area contributed by atoms with Crippen molar-refractivity contribution >= 4 is 11.6 Å². The lowest BCUT2D eigenvalue weighted by Gasteiger charge is -2.27. The number of hydrogen-bond acceptors (Lipinski definition) is 2. The van der Waals surface area contributed by atoms with Crippen LogP contribution in [0, 0.1) is 0 Å². The minimum Gasteiger partial charge on any atom is -0.311 e. The van der Waals surface area contributed by atoms with Gasteiger partial charge in [-0.3, -0.25) is 4.79 Å². The first-order valence-corrected chi connectivity index (χ1v) is 7.59. The third-order valence-corrected chi connectivity index (χ3v) is 3.85. The van der Waals surface area contributed by atoms with Crippen molar-refractivity contribution in [3.8, 4) is 0 Å². The van der Waals surface area contributed by atoms with Crippen LogP contribution in [0.5, 0.6) is 0 Å². The molecule has 1 atom stereocenters. The summed E-state index contributed by atoms with van der Waals surface area (Å²) in [5.74, 6) is 0.218. The van der Waals surface area contributed by atoms with Crippen molar-refractivity contribution in [1.82, 2.24) is 5.32 Å². The fourth-order valence-corrected chi connectivity index (χ4v) is 2.77. The highest BCUT2D eigenvalue weighted by Crippen LogP contribution is 2.33. The molecule has 0 radical (unpaired) electrons. The molecule has 1 aromatic rings. The van der Waals surface area contributed by atoms with E-state index in [4.69, 9.17) is 0 Å². The molecule has 0 bridgehead atoms. The van der Waals surface area contributed by atoms with Crippen LogP contribution in [-0.2, 0) is 10.2 Å². The van der Waals surface area contributed by atoms with Crippen LogP contribution in [0.1, 0.15) is 46.1 Å². The molecule has 0 spiro atoms. The van der Waals surface area contributed by atoms with Gasteiger partial charge in [0.15, 0.2) is 0 Å². The van der Waals surface area contributed by atoms with Crippen molar-refractivity contribution in [3.05, 3.63) is 29.8 Å². The standard InChI is InChI=1S/C17H26N2O/c1-5-11-18-14-10-12-19(16(14)20)15-9-7-6-8-13(15)17(2,3)4/h6-9,14,18H,5,10-12H2,1-4H3. The van der Waals surface area contributed by atoms with Crippen LogP contribution in [-0.4, -0.2) is 25.0 Å². The summed E-state index contributed by atoms with van der Waals surface area (Å²) in [6.07, 6.45) is 1.96. The normalized spacial score (nSPS) is 19.7. The molecule has 1 N–H and O–H groups in total. The molecule has 1 saturated heterocycles. The molecule has 1 aliphatic rings. The maximum atomic E-state index is 12.6. The van der Waals surface area contributed by atoms with Gasteiger partial charge in [-0.2, -0.15) is 0 Å². The van der Waals surface area contributed by atoms with Crippen LogP contribution in [0.4, 0.5) is 5.69 Å². The summed E-state index contributed by atoms with van der Waals surface area (Å²) in [7, 11) is 0. The number of para-hydroxylation sites is 1. The highest BCUT2D eigenvalue weighted by Gasteiger charge is 2.34. The molecule has 3 nitrogen and oxygen atoms in total. The molecule has 0 saturated carbocycles.